The number of hydrogen-bond donors (Lipinski definition) is 3. The number of benzene rings is 4. The van der Waals surface area contributed by atoms with Gasteiger partial charge in [0, 0.05) is 16.8 Å². The number of nitrogens with one attached hydrogen (secondary N) is 3. The van der Waals surface area contributed by atoms with Gasteiger partial charge in [-0.1, -0.05) is 56.3 Å². The normalized spacial score (nSPS) is 10.7. The van der Waals surface area contributed by atoms with Crippen LogP contribution in [0.25, 0.3) is 10.9 Å². The van der Waals surface area contributed by atoms with Crippen molar-refractivity contribution < 1.29 is 19.1 Å². The van der Waals surface area contributed by atoms with Crippen LogP contribution in [0.3, 0.4) is 0 Å². The van der Waals surface area contributed by atoms with Crippen molar-refractivity contribution in [2.45, 2.75) is 19.8 Å². The minimum absolute atomic E-state index is 0.158. The molecule has 0 radical (unpaired) electrons. The molecule has 0 bridgehead atoms. The monoisotopic (exact) mass is 585 g/mol. The summed E-state index contributed by atoms with van der Waals surface area (Å²) in [6.07, 6.45) is 0. The lowest BCUT2D eigenvalue weighted by molar-refractivity contribution is -0.119. The Labute approximate surface area is 255 Å². The zero-order valence-corrected chi connectivity index (χ0v) is 24.3. The Morgan fingerprint density at radius 2 is 1.39 bits per heavy atom. The second-order valence-electron chi connectivity index (χ2n) is 10.5. The molecule has 0 unspecified atom stereocenters. The topological polar surface area (TPSA) is 127 Å². The summed E-state index contributed by atoms with van der Waals surface area (Å²) in [6, 6.07) is 32.4. The van der Waals surface area contributed by atoms with E-state index in [0.717, 1.165) is 4.90 Å². The predicted molar refractivity (Wildman–Crippen MR) is 170 cm³/mol. The first kappa shape index (κ1) is 29.6. The van der Waals surface area contributed by atoms with Crippen LogP contribution in [0.15, 0.2) is 103 Å². The SMILES string of the molecule is CC(C)c1ccc(Oc2ccc(NC(=O)CN(CC(=O)Nc3ccccc3)C(=O)c3cc4cccc(C#N)c4[nH]3)cc2)cc1. The Hall–Kier alpha value is -5.88. The first-order valence-corrected chi connectivity index (χ1v) is 14.1. The first-order chi connectivity index (χ1) is 21.3. The van der Waals surface area contributed by atoms with Crippen LogP contribution >= 0.6 is 0 Å². The van der Waals surface area contributed by atoms with Gasteiger partial charge in [0.15, 0.2) is 0 Å². The number of carbonyl (C=O) groups excluding carboxylic acids is 3. The van der Waals surface area contributed by atoms with Gasteiger partial charge in [0.25, 0.3) is 5.91 Å². The van der Waals surface area contributed by atoms with Gasteiger partial charge in [-0.2, -0.15) is 5.26 Å². The zero-order chi connectivity index (χ0) is 31.1. The molecule has 5 rings (SSSR count). The number of nitrogens with zero attached hydrogens (tertiary/aromatic N) is 2. The third-order valence-corrected chi connectivity index (χ3v) is 6.94. The molecule has 220 valence electrons. The summed E-state index contributed by atoms with van der Waals surface area (Å²) in [5.41, 5.74) is 3.34. The van der Waals surface area contributed by atoms with Gasteiger partial charge in [-0.3, -0.25) is 14.4 Å². The van der Waals surface area contributed by atoms with Crippen LogP contribution in [-0.2, 0) is 9.59 Å². The summed E-state index contributed by atoms with van der Waals surface area (Å²) in [6.45, 7) is 3.50. The summed E-state index contributed by atoms with van der Waals surface area (Å²) in [5, 5.41) is 15.7. The number of anilines is 2. The van der Waals surface area contributed by atoms with Gasteiger partial charge >= 0.3 is 0 Å². The highest BCUT2D eigenvalue weighted by molar-refractivity contribution is 6.04. The lowest BCUT2D eigenvalue weighted by Crippen LogP contribution is -2.42. The second kappa shape index (κ2) is 13.4. The standard InChI is InChI=1S/C35H31N5O4/c1-23(2)24-11-15-29(16-12-24)44-30-17-13-28(14-18-30)38-33(42)22-40(21-32(41)37-27-9-4-3-5-10-27)35(43)31-19-25-7-6-8-26(20-36)34(25)39-31/h3-19,23,39H,21-22H2,1-2H3,(H,37,41)(H,38,42). The molecule has 0 spiro atoms. The average molecular weight is 586 g/mol. The van der Waals surface area contributed by atoms with Crippen molar-refractivity contribution in [3.8, 4) is 17.6 Å². The molecule has 0 saturated carbocycles. The maximum absolute atomic E-state index is 13.6. The maximum atomic E-state index is 13.6. The quantitative estimate of drug-likeness (QED) is 0.169. The largest absolute Gasteiger partial charge is 0.457 e. The van der Waals surface area contributed by atoms with E-state index in [1.54, 1.807) is 72.8 Å². The van der Waals surface area contributed by atoms with E-state index in [1.165, 1.54) is 5.56 Å². The van der Waals surface area contributed by atoms with Crippen LogP contribution in [0, 0.1) is 11.3 Å². The molecular weight excluding hydrogens is 554 g/mol. The highest BCUT2D eigenvalue weighted by atomic mass is 16.5. The van der Waals surface area contributed by atoms with Crippen LogP contribution in [0.4, 0.5) is 11.4 Å². The van der Waals surface area contributed by atoms with E-state index >= 15 is 0 Å². The Balaban J connectivity index is 1.28. The highest BCUT2D eigenvalue weighted by Gasteiger charge is 2.24. The number of amides is 3. The number of para-hydroxylation sites is 2. The maximum Gasteiger partial charge on any atom is 0.271 e. The lowest BCUT2D eigenvalue weighted by Gasteiger charge is -2.21. The molecule has 0 fully saturated rings. The number of H-pyrrole nitrogens is 1. The molecule has 0 atom stereocenters. The van der Waals surface area contributed by atoms with Crippen LogP contribution in [0.1, 0.15) is 41.4 Å². The molecule has 1 aromatic heterocycles. The summed E-state index contributed by atoms with van der Waals surface area (Å²) in [7, 11) is 0. The average Bonchev–Trinajstić information content (AvgIpc) is 3.47. The third-order valence-electron chi connectivity index (χ3n) is 6.94. The molecule has 0 aliphatic carbocycles. The molecule has 44 heavy (non-hydrogen) atoms. The molecule has 3 amide bonds. The fourth-order valence-corrected chi connectivity index (χ4v) is 4.67. The van der Waals surface area contributed by atoms with Crippen molar-refractivity contribution in [2.24, 2.45) is 0 Å². The van der Waals surface area contributed by atoms with Gasteiger partial charge in [-0.05, 0) is 72.1 Å². The Bertz CT molecular complexity index is 1820. The van der Waals surface area contributed by atoms with Crippen LogP contribution in [0.2, 0.25) is 0 Å². The van der Waals surface area contributed by atoms with Crippen molar-refractivity contribution in [1.82, 2.24) is 9.88 Å². The van der Waals surface area contributed by atoms with E-state index < -0.39 is 17.7 Å². The number of fused-ring (bicyclic) bond motifs is 1. The van der Waals surface area contributed by atoms with Crippen LogP contribution < -0.4 is 15.4 Å². The Morgan fingerprint density at radius 1 is 0.795 bits per heavy atom. The van der Waals surface area contributed by atoms with Crippen molar-refractivity contribution in [2.75, 3.05) is 23.7 Å². The van der Waals surface area contributed by atoms with Crippen LogP contribution in [0.5, 0.6) is 11.5 Å². The molecule has 3 N–H and O–H groups in total. The molecular formula is C35H31N5O4. The van der Waals surface area contributed by atoms with Gasteiger partial charge in [-0.25, -0.2) is 0 Å². The first-order valence-electron chi connectivity index (χ1n) is 14.1. The number of nitriles is 1. The molecule has 0 aliphatic rings. The number of hydrogen-bond acceptors (Lipinski definition) is 5. The van der Waals surface area contributed by atoms with Crippen LogP contribution in [-0.4, -0.2) is 40.7 Å². The molecule has 1 heterocycles. The molecule has 0 aliphatic heterocycles. The van der Waals surface area contributed by atoms with E-state index in [-0.39, 0.29) is 18.8 Å². The summed E-state index contributed by atoms with van der Waals surface area (Å²) in [5.74, 6) is 0.218. The number of ether oxygens (including phenoxy) is 1. The van der Waals surface area contributed by atoms with Gasteiger partial charge in [0.05, 0.1) is 11.1 Å². The van der Waals surface area contributed by atoms with Crippen molar-refractivity contribution in [3.63, 3.8) is 0 Å². The number of carbonyl (C=O) groups is 3. The predicted octanol–water partition coefficient (Wildman–Crippen LogP) is 6.67. The van der Waals surface area contributed by atoms with E-state index in [1.807, 2.05) is 30.3 Å². The summed E-state index contributed by atoms with van der Waals surface area (Å²) < 4.78 is 5.92. The van der Waals surface area contributed by atoms with Gasteiger partial charge in [0.2, 0.25) is 11.8 Å². The molecule has 9 heteroatoms. The zero-order valence-electron chi connectivity index (χ0n) is 24.3. The Kier molecular flexibility index (Phi) is 9.02. The van der Waals surface area contributed by atoms with Crippen molar-refractivity contribution in [3.05, 3.63) is 120 Å². The van der Waals surface area contributed by atoms with E-state index in [4.69, 9.17) is 4.74 Å². The van der Waals surface area contributed by atoms with Gasteiger partial charge in [-0.15, -0.1) is 0 Å². The smallest absolute Gasteiger partial charge is 0.271 e. The number of rotatable bonds is 10. The molecule has 5 aromatic rings. The number of aromatic amines is 1. The number of aromatic nitrogens is 1. The third kappa shape index (κ3) is 7.30. The molecule has 9 nitrogen and oxygen atoms in total. The molecule has 4 aromatic carbocycles. The molecule has 0 saturated heterocycles. The minimum Gasteiger partial charge on any atom is -0.457 e. The fourth-order valence-electron chi connectivity index (χ4n) is 4.67. The second-order valence-corrected chi connectivity index (χ2v) is 10.5. The van der Waals surface area contributed by atoms with Crippen molar-refractivity contribution >= 4 is 40.0 Å². The van der Waals surface area contributed by atoms with E-state index in [0.29, 0.717) is 45.3 Å². The summed E-state index contributed by atoms with van der Waals surface area (Å²) >= 11 is 0. The minimum atomic E-state index is -0.560. The van der Waals surface area contributed by atoms with Gasteiger partial charge in [0.1, 0.15) is 36.4 Å². The van der Waals surface area contributed by atoms with E-state index in [9.17, 15) is 19.6 Å². The van der Waals surface area contributed by atoms with Crippen molar-refractivity contribution in [1.29, 1.82) is 5.26 Å². The lowest BCUT2D eigenvalue weighted by atomic mass is 10.0. The van der Waals surface area contributed by atoms with Gasteiger partial charge < -0.3 is 25.3 Å². The fraction of sp³-hybridized carbons (Fsp3) is 0.143. The summed E-state index contributed by atoms with van der Waals surface area (Å²) in [4.78, 5) is 43.8. The van der Waals surface area contributed by atoms with E-state index in [2.05, 4.69) is 35.5 Å². The highest BCUT2D eigenvalue weighted by Crippen LogP contribution is 2.25. The Morgan fingerprint density at radius 3 is 1.98 bits per heavy atom.